The van der Waals surface area contributed by atoms with Crippen LogP contribution < -0.4 is 11.5 Å². The molecule has 0 radical (unpaired) electrons. The highest BCUT2D eigenvalue weighted by Gasteiger charge is 2.08. The van der Waals surface area contributed by atoms with Gasteiger partial charge in [-0.3, -0.25) is 4.79 Å². The summed E-state index contributed by atoms with van der Waals surface area (Å²) >= 11 is 0. The number of aliphatic carboxylic acids is 2. The molecule has 6 nitrogen and oxygen atoms in total. The van der Waals surface area contributed by atoms with Gasteiger partial charge in [-0.1, -0.05) is 6.58 Å². The fourth-order valence-corrected chi connectivity index (χ4v) is 0.461. The predicted molar refractivity (Wildman–Crippen MR) is 56.3 cm³/mol. The highest BCUT2D eigenvalue weighted by molar-refractivity contribution is 5.84. The van der Waals surface area contributed by atoms with Crippen molar-refractivity contribution in [1.82, 2.24) is 0 Å². The Kier molecular flexibility index (Phi) is 9.81. The molecule has 0 amide bonds. The summed E-state index contributed by atoms with van der Waals surface area (Å²) in [5, 5.41) is 16.1. The van der Waals surface area contributed by atoms with Gasteiger partial charge in [0.25, 0.3) is 0 Å². The molecule has 0 aromatic carbocycles. The van der Waals surface area contributed by atoms with Gasteiger partial charge in [0.2, 0.25) is 0 Å². The molecule has 0 aliphatic heterocycles. The van der Waals surface area contributed by atoms with Crippen LogP contribution in [0, 0.1) is 0 Å². The van der Waals surface area contributed by atoms with Gasteiger partial charge in [0, 0.05) is 5.57 Å². The minimum Gasteiger partial charge on any atom is -0.480 e. The van der Waals surface area contributed by atoms with E-state index in [4.69, 9.17) is 21.7 Å². The Morgan fingerprint density at radius 2 is 1.80 bits per heavy atom. The van der Waals surface area contributed by atoms with Gasteiger partial charge >= 0.3 is 11.9 Å². The highest BCUT2D eigenvalue weighted by atomic mass is 16.4. The van der Waals surface area contributed by atoms with Crippen LogP contribution >= 0.6 is 0 Å². The van der Waals surface area contributed by atoms with Crippen molar-refractivity contribution < 1.29 is 19.8 Å². The lowest BCUT2D eigenvalue weighted by molar-refractivity contribution is -0.138. The fraction of sp³-hybridized carbons (Fsp3) is 0.556. The van der Waals surface area contributed by atoms with E-state index in [2.05, 4.69) is 6.58 Å². The minimum absolute atomic E-state index is 0.176. The normalized spacial score (nSPS) is 10.9. The molecule has 6 heteroatoms. The molecule has 0 heterocycles. The Labute approximate surface area is 88.6 Å². The maximum Gasteiger partial charge on any atom is 0.330 e. The zero-order chi connectivity index (χ0) is 12.4. The number of nitrogens with two attached hydrogens (primary N) is 2. The van der Waals surface area contributed by atoms with E-state index in [1.54, 1.807) is 0 Å². The molecule has 0 fully saturated rings. The first-order valence-electron chi connectivity index (χ1n) is 4.40. The smallest absolute Gasteiger partial charge is 0.330 e. The van der Waals surface area contributed by atoms with Gasteiger partial charge in [-0.05, 0) is 26.3 Å². The van der Waals surface area contributed by atoms with Crippen molar-refractivity contribution in [2.45, 2.75) is 25.8 Å². The van der Waals surface area contributed by atoms with Crippen LogP contribution in [0.2, 0.25) is 0 Å². The minimum atomic E-state index is -0.955. The molecule has 0 saturated carbocycles. The molecule has 88 valence electrons. The van der Waals surface area contributed by atoms with Crippen LogP contribution in [-0.4, -0.2) is 34.7 Å². The molecular formula is C9H18N2O4. The number of carbonyl (C=O) groups is 2. The standard InChI is InChI=1S/C5H12N2O2.C4H6O2/c6-3-1-2-4(7)5(8)9;1-3(2)4(5)6/h4H,1-3,6-7H2,(H,8,9);1H2,2H3,(H,5,6)/t4-;/m0./s1. The second-order valence-corrected chi connectivity index (χ2v) is 2.96. The topological polar surface area (TPSA) is 127 Å². The van der Waals surface area contributed by atoms with Crippen LogP contribution in [0.15, 0.2) is 12.2 Å². The van der Waals surface area contributed by atoms with Crippen molar-refractivity contribution in [3.63, 3.8) is 0 Å². The lowest BCUT2D eigenvalue weighted by Gasteiger charge is -2.02. The van der Waals surface area contributed by atoms with E-state index < -0.39 is 18.0 Å². The number of hydrogen-bond donors (Lipinski definition) is 4. The highest BCUT2D eigenvalue weighted by Crippen LogP contribution is 1.91. The lowest BCUT2D eigenvalue weighted by Crippen LogP contribution is -2.30. The SMILES string of the molecule is C=C(C)C(=O)O.NCCC[C@H](N)C(=O)O. The molecule has 0 bridgehead atoms. The maximum absolute atomic E-state index is 10.0. The molecule has 0 unspecified atom stereocenters. The quantitative estimate of drug-likeness (QED) is 0.473. The van der Waals surface area contributed by atoms with E-state index in [-0.39, 0.29) is 5.57 Å². The summed E-state index contributed by atoms with van der Waals surface area (Å²) in [5.41, 5.74) is 10.5. The van der Waals surface area contributed by atoms with Gasteiger partial charge in [0.15, 0.2) is 0 Å². The first-order valence-corrected chi connectivity index (χ1v) is 4.40. The van der Waals surface area contributed by atoms with Crippen LogP contribution in [-0.2, 0) is 9.59 Å². The first kappa shape index (κ1) is 16.0. The number of hydrogen-bond acceptors (Lipinski definition) is 4. The molecule has 0 aliphatic rings. The van der Waals surface area contributed by atoms with E-state index in [9.17, 15) is 9.59 Å². The Bertz CT molecular complexity index is 216. The molecule has 15 heavy (non-hydrogen) atoms. The molecular weight excluding hydrogens is 200 g/mol. The summed E-state index contributed by atoms with van der Waals surface area (Å²) in [6, 6.07) is -0.742. The van der Waals surface area contributed by atoms with E-state index in [1.807, 2.05) is 0 Å². The third-order valence-corrected chi connectivity index (χ3v) is 1.40. The average molecular weight is 218 g/mol. The zero-order valence-electron chi connectivity index (χ0n) is 8.77. The summed E-state index contributed by atoms with van der Waals surface area (Å²) < 4.78 is 0. The van der Waals surface area contributed by atoms with Crippen LogP contribution in [0.3, 0.4) is 0 Å². The van der Waals surface area contributed by atoms with Crippen molar-refractivity contribution in [2.75, 3.05) is 6.54 Å². The van der Waals surface area contributed by atoms with Crippen LogP contribution in [0.25, 0.3) is 0 Å². The summed E-state index contributed by atoms with van der Waals surface area (Å²) in [4.78, 5) is 19.6. The molecule has 0 aromatic rings. The number of carboxylic acid groups (broad SMARTS) is 2. The van der Waals surface area contributed by atoms with Crippen molar-refractivity contribution in [1.29, 1.82) is 0 Å². The van der Waals surface area contributed by atoms with E-state index in [0.717, 1.165) is 0 Å². The van der Waals surface area contributed by atoms with Crippen molar-refractivity contribution >= 4 is 11.9 Å². The van der Waals surface area contributed by atoms with Gasteiger partial charge in [-0.25, -0.2) is 4.79 Å². The largest absolute Gasteiger partial charge is 0.480 e. The maximum atomic E-state index is 10.0. The van der Waals surface area contributed by atoms with E-state index in [0.29, 0.717) is 19.4 Å². The monoisotopic (exact) mass is 218 g/mol. The molecule has 0 aromatic heterocycles. The summed E-state index contributed by atoms with van der Waals surface area (Å²) in [6.45, 7) is 5.10. The number of rotatable bonds is 5. The third kappa shape index (κ3) is 12.6. The zero-order valence-corrected chi connectivity index (χ0v) is 8.77. The molecule has 0 rings (SSSR count). The van der Waals surface area contributed by atoms with Crippen LogP contribution in [0.5, 0.6) is 0 Å². The Morgan fingerprint density at radius 3 is 2.00 bits per heavy atom. The van der Waals surface area contributed by atoms with Gasteiger partial charge in [-0.2, -0.15) is 0 Å². The molecule has 1 atom stereocenters. The van der Waals surface area contributed by atoms with Crippen molar-refractivity contribution in [3.8, 4) is 0 Å². The Balaban J connectivity index is 0. The van der Waals surface area contributed by atoms with E-state index >= 15 is 0 Å². The van der Waals surface area contributed by atoms with E-state index in [1.165, 1.54) is 6.92 Å². The Hall–Kier alpha value is -1.40. The fourth-order valence-electron chi connectivity index (χ4n) is 0.461. The first-order chi connectivity index (χ1) is 6.82. The lowest BCUT2D eigenvalue weighted by atomic mass is 10.2. The second kappa shape index (κ2) is 9.17. The van der Waals surface area contributed by atoms with Gasteiger partial charge in [0.1, 0.15) is 6.04 Å². The molecule has 0 aliphatic carbocycles. The summed E-state index contributed by atoms with van der Waals surface area (Å²) in [6.07, 6.45) is 1.14. The van der Waals surface area contributed by atoms with Crippen LogP contribution in [0.4, 0.5) is 0 Å². The summed E-state index contributed by atoms with van der Waals surface area (Å²) in [7, 11) is 0. The second-order valence-electron chi connectivity index (χ2n) is 2.96. The van der Waals surface area contributed by atoms with Crippen molar-refractivity contribution in [2.24, 2.45) is 11.5 Å². The number of carboxylic acids is 2. The Morgan fingerprint density at radius 1 is 1.40 bits per heavy atom. The molecule has 0 saturated heterocycles. The van der Waals surface area contributed by atoms with Crippen molar-refractivity contribution in [3.05, 3.63) is 12.2 Å². The van der Waals surface area contributed by atoms with Crippen LogP contribution in [0.1, 0.15) is 19.8 Å². The third-order valence-electron chi connectivity index (χ3n) is 1.40. The van der Waals surface area contributed by atoms with Gasteiger partial charge in [0.05, 0.1) is 0 Å². The predicted octanol–water partition coefficient (Wildman–Crippen LogP) is -0.216. The average Bonchev–Trinajstić information content (AvgIpc) is 2.14. The van der Waals surface area contributed by atoms with Gasteiger partial charge < -0.3 is 21.7 Å². The van der Waals surface area contributed by atoms with Gasteiger partial charge in [-0.15, -0.1) is 0 Å². The molecule has 0 spiro atoms. The molecule has 6 N–H and O–H groups in total. The summed E-state index contributed by atoms with van der Waals surface area (Å²) in [5.74, 6) is -1.89.